The van der Waals surface area contributed by atoms with Crippen LogP contribution in [-0.2, 0) is 9.59 Å². The lowest BCUT2D eigenvalue weighted by Crippen LogP contribution is -2.59. The first kappa shape index (κ1) is 20.8. The van der Waals surface area contributed by atoms with Crippen molar-refractivity contribution < 1.29 is 9.59 Å². The Balaban J connectivity index is 1.25. The van der Waals surface area contributed by atoms with Crippen molar-refractivity contribution in [3.8, 4) is 0 Å². The first-order valence-corrected chi connectivity index (χ1v) is 12.2. The van der Waals surface area contributed by atoms with Gasteiger partial charge in [0.2, 0.25) is 11.8 Å². The summed E-state index contributed by atoms with van der Waals surface area (Å²) in [5, 5.41) is 6.31. The van der Waals surface area contributed by atoms with E-state index in [9.17, 15) is 9.59 Å². The Hall–Kier alpha value is -2.10. The number of amides is 2. The van der Waals surface area contributed by atoms with Gasteiger partial charge >= 0.3 is 0 Å². The minimum atomic E-state index is 0.0799. The largest absolute Gasteiger partial charge is 0.349 e. The van der Waals surface area contributed by atoms with Gasteiger partial charge in [0.05, 0.1) is 0 Å². The van der Waals surface area contributed by atoms with E-state index in [1.807, 2.05) is 30.3 Å². The van der Waals surface area contributed by atoms with Gasteiger partial charge in [-0.1, -0.05) is 38.1 Å². The van der Waals surface area contributed by atoms with Crippen LogP contribution < -0.4 is 10.6 Å². The Labute approximate surface area is 186 Å². The molecule has 0 aromatic heterocycles. The molecule has 0 spiro atoms. The van der Waals surface area contributed by atoms with Crippen molar-refractivity contribution >= 4 is 17.5 Å². The highest BCUT2D eigenvalue weighted by atomic mass is 16.2. The molecule has 166 valence electrons. The van der Waals surface area contributed by atoms with Crippen LogP contribution in [0.15, 0.2) is 42.5 Å². The second kappa shape index (κ2) is 7.79. The number of para-hydroxylation sites is 1. The molecule has 7 atom stereocenters. The SMILES string of the molecule is C[C@]12CC[C@H]3[C@@H](CCC4NC(=O)C=C[C@@]43C)[C@@H]1CC[C@@H]2CCC(=O)Nc1ccccc1. The topological polar surface area (TPSA) is 58.2 Å². The summed E-state index contributed by atoms with van der Waals surface area (Å²) in [5.74, 6) is 3.05. The minimum Gasteiger partial charge on any atom is -0.349 e. The molecule has 3 saturated carbocycles. The van der Waals surface area contributed by atoms with Crippen LogP contribution in [0.3, 0.4) is 0 Å². The smallest absolute Gasteiger partial charge is 0.243 e. The molecule has 4 heteroatoms. The van der Waals surface area contributed by atoms with E-state index in [4.69, 9.17) is 0 Å². The highest BCUT2D eigenvalue weighted by Gasteiger charge is 2.59. The van der Waals surface area contributed by atoms with Gasteiger partial charge in [0.1, 0.15) is 0 Å². The Kier molecular flexibility index (Phi) is 5.22. The number of carbonyl (C=O) groups is 2. The van der Waals surface area contributed by atoms with E-state index in [1.54, 1.807) is 6.08 Å². The van der Waals surface area contributed by atoms with Gasteiger partial charge in [0.25, 0.3) is 0 Å². The maximum Gasteiger partial charge on any atom is 0.243 e. The number of fused-ring (bicyclic) bond motifs is 5. The summed E-state index contributed by atoms with van der Waals surface area (Å²) in [5.41, 5.74) is 1.35. The summed E-state index contributed by atoms with van der Waals surface area (Å²) in [6, 6.07) is 10.1. The van der Waals surface area contributed by atoms with Gasteiger partial charge in [-0.25, -0.2) is 0 Å². The molecule has 1 heterocycles. The molecule has 4 aliphatic rings. The maximum absolute atomic E-state index is 12.5. The zero-order chi connectivity index (χ0) is 21.6. The van der Waals surface area contributed by atoms with Gasteiger partial charge in [-0.05, 0) is 92.2 Å². The highest BCUT2D eigenvalue weighted by Crippen LogP contribution is 2.65. The van der Waals surface area contributed by atoms with Crippen molar-refractivity contribution in [2.75, 3.05) is 5.32 Å². The first-order valence-electron chi connectivity index (χ1n) is 12.2. The van der Waals surface area contributed by atoms with Crippen LogP contribution in [0.1, 0.15) is 65.2 Å². The molecule has 4 nitrogen and oxygen atoms in total. The fourth-order valence-corrected chi connectivity index (χ4v) is 7.97. The summed E-state index contributed by atoms with van der Waals surface area (Å²) in [4.78, 5) is 24.4. The molecule has 3 fully saturated rings. The Morgan fingerprint density at radius 3 is 2.68 bits per heavy atom. The molecule has 1 aromatic rings. The van der Waals surface area contributed by atoms with E-state index in [2.05, 4.69) is 30.6 Å². The average molecular weight is 421 g/mol. The number of benzene rings is 1. The molecule has 1 aromatic carbocycles. The van der Waals surface area contributed by atoms with Crippen LogP contribution in [0.5, 0.6) is 0 Å². The molecule has 1 aliphatic heterocycles. The standard InChI is InChI=1S/C27H36N2O2/c1-26-16-14-22-20(10-12-23-27(22,2)17-15-25(31)29-23)21(26)11-8-18(26)9-13-24(30)28-19-6-4-3-5-7-19/h3-7,15,17-18,20-23H,8-14,16H2,1-2H3,(H,28,30)(H,29,31)/t18-,20+,21+,22+,23?,26-,27-/m1/s1. The number of rotatable bonds is 4. The molecule has 5 rings (SSSR count). The Morgan fingerprint density at radius 2 is 1.87 bits per heavy atom. The number of hydrogen-bond donors (Lipinski definition) is 2. The third-order valence-corrected chi connectivity index (χ3v) is 9.66. The summed E-state index contributed by atoms with van der Waals surface area (Å²) >= 11 is 0. The van der Waals surface area contributed by atoms with Gasteiger partial charge in [-0.2, -0.15) is 0 Å². The van der Waals surface area contributed by atoms with Crippen LogP contribution in [0.4, 0.5) is 5.69 Å². The highest BCUT2D eigenvalue weighted by molar-refractivity contribution is 5.90. The van der Waals surface area contributed by atoms with Crippen LogP contribution in [0.25, 0.3) is 0 Å². The molecule has 1 unspecified atom stereocenters. The third-order valence-electron chi connectivity index (χ3n) is 9.66. The van der Waals surface area contributed by atoms with Crippen molar-refractivity contribution in [1.82, 2.24) is 5.32 Å². The molecule has 0 radical (unpaired) electrons. The van der Waals surface area contributed by atoms with Gasteiger partial charge in [-0.15, -0.1) is 0 Å². The normalized spacial score (nSPS) is 41.0. The monoisotopic (exact) mass is 420 g/mol. The predicted molar refractivity (Wildman–Crippen MR) is 123 cm³/mol. The van der Waals surface area contributed by atoms with Crippen molar-refractivity contribution in [2.45, 2.75) is 71.3 Å². The predicted octanol–water partition coefficient (Wildman–Crippen LogP) is 5.32. The van der Waals surface area contributed by atoms with Gasteiger partial charge in [0, 0.05) is 23.6 Å². The fourth-order valence-electron chi connectivity index (χ4n) is 7.97. The lowest BCUT2D eigenvalue weighted by molar-refractivity contribution is -0.123. The maximum atomic E-state index is 12.5. The fraction of sp³-hybridized carbons (Fsp3) is 0.630. The lowest BCUT2D eigenvalue weighted by Gasteiger charge is -2.59. The summed E-state index contributed by atoms with van der Waals surface area (Å²) in [6.07, 6.45) is 13.0. The molecule has 2 amide bonds. The molecule has 31 heavy (non-hydrogen) atoms. The number of carbonyl (C=O) groups excluding carboxylic acids is 2. The minimum absolute atomic E-state index is 0.0799. The summed E-state index contributed by atoms with van der Waals surface area (Å²) in [6.45, 7) is 4.90. The van der Waals surface area contributed by atoms with Gasteiger partial charge in [-0.3, -0.25) is 9.59 Å². The molecule has 0 bridgehead atoms. The zero-order valence-corrected chi connectivity index (χ0v) is 18.9. The second-order valence-electron chi connectivity index (χ2n) is 11.0. The van der Waals surface area contributed by atoms with E-state index in [-0.39, 0.29) is 17.2 Å². The molecule has 2 N–H and O–H groups in total. The number of nitrogens with one attached hydrogen (secondary N) is 2. The summed E-state index contributed by atoms with van der Waals surface area (Å²) in [7, 11) is 0. The number of anilines is 1. The third kappa shape index (κ3) is 3.52. The molecular weight excluding hydrogens is 384 g/mol. The van der Waals surface area contributed by atoms with Gasteiger partial charge < -0.3 is 10.6 Å². The van der Waals surface area contributed by atoms with Crippen LogP contribution in [0, 0.1) is 34.5 Å². The zero-order valence-electron chi connectivity index (χ0n) is 18.9. The van der Waals surface area contributed by atoms with Crippen molar-refractivity contribution in [3.63, 3.8) is 0 Å². The average Bonchev–Trinajstić information content (AvgIpc) is 3.10. The Morgan fingerprint density at radius 1 is 1.06 bits per heavy atom. The number of hydrogen-bond acceptors (Lipinski definition) is 2. The quantitative estimate of drug-likeness (QED) is 0.693. The van der Waals surface area contributed by atoms with E-state index in [1.165, 1.54) is 32.1 Å². The van der Waals surface area contributed by atoms with Crippen molar-refractivity contribution in [3.05, 3.63) is 42.5 Å². The van der Waals surface area contributed by atoms with Crippen LogP contribution in [0.2, 0.25) is 0 Å². The summed E-state index contributed by atoms with van der Waals surface area (Å²) < 4.78 is 0. The van der Waals surface area contributed by atoms with E-state index >= 15 is 0 Å². The second-order valence-corrected chi connectivity index (χ2v) is 11.0. The molecule has 3 aliphatic carbocycles. The molecule has 0 saturated heterocycles. The lowest BCUT2D eigenvalue weighted by atomic mass is 9.48. The molecular formula is C27H36N2O2. The first-order chi connectivity index (χ1) is 14.9. The van der Waals surface area contributed by atoms with Crippen LogP contribution >= 0.6 is 0 Å². The van der Waals surface area contributed by atoms with E-state index in [0.29, 0.717) is 29.7 Å². The van der Waals surface area contributed by atoms with Crippen molar-refractivity contribution in [1.29, 1.82) is 0 Å². The Bertz CT molecular complexity index is 880. The van der Waals surface area contributed by atoms with E-state index < -0.39 is 0 Å². The van der Waals surface area contributed by atoms with Gasteiger partial charge in [0.15, 0.2) is 0 Å². The van der Waals surface area contributed by atoms with Crippen molar-refractivity contribution in [2.24, 2.45) is 34.5 Å². The van der Waals surface area contributed by atoms with E-state index in [0.717, 1.165) is 30.4 Å². The van der Waals surface area contributed by atoms with Crippen LogP contribution in [-0.4, -0.2) is 17.9 Å².